The zero-order valence-corrected chi connectivity index (χ0v) is 19.4. The van der Waals surface area contributed by atoms with Crippen molar-refractivity contribution in [3.63, 3.8) is 0 Å². The van der Waals surface area contributed by atoms with E-state index in [2.05, 4.69) is 19.1 Å². The van der Waals surface area contributed by atoms with Gasteiger partial charge in [-0.2, -0.15) is 0 Å². The van der Waals surface area contributed by atoms with Crippen LogP contribution in [-0.2, 0) is 9.47 Å². The van der Waals surface area contributed by atoms with E-state index in [1.165, 1.54) is 83.5 Å². The van der Waals surface area contributed by atoms with Crippen LogP contribution in [-0.4, -0.2) is 59.6 Å². The minimum absolute atomic E-state index is 0.153. The van der Waals surface area contributed by atoms with Crippen LogP contribution in [0.5, 0.6) is 0 Å². The van der Waals surface area contributed by atoms with Crippen molar-refractivity contribution in [3.05, 3.63) is 12.2 Å². The molecule has 0 aromatic rings. The lowest BCUT2D eigenvalue weighted by Crippen LogP contribution is -2.42. The highest BCUT2D eigenvalue weighted by Crippen LogP contribution is 2.21. The fraction of sp³-hybridized carbons (Fsp3) is 0.920. The monoisotopic (exact) mass is 428 g/mol. The molecule has 1 aliphatic heterocycles. The summed E-state index contributed by atoms with van der Waals surface area (Å²) < 4.78 is 11.0. The van der Waals surface area contributed by atoms with Crippen LogP contribution in [0.1, 0.15) is 103 Å². The van der Waals surface area contributed by atoms with Crippen LogP contribution >= 0.6 is 0 Å². The summed E-state index contributed by atoms with van der Waals surface area (Å²) in [7, 11) is 0. The highest BCUT2D eigenvalue weighted by Gasteiger charge is 2.40. The molecule has 1 fully saturated rings. The first-order valence-electron chi connectivity index (χ1n) is 12.6. The van der Waals surface area contributed by atoms with Crippen molar-refractivity contribution in [2.75, 3.05) is 19.8 Å². The summed E-state index contributed by atoms with van der Waals surface area (Å²) in [5.74, 6) is 0. The van der Waals surface area contributed by atoms with Crippen molar-refractivity contribution in [1.29, 1.82) is 0 Å². The Kier molecular flexibility index (Phi) is 17.7. The minimum Gasteiger partial charge on any atom is -0.394 e. The Labute approximate surface area is 184 Å². The van der Waals surface area contributed by atoms with Gasteiger partial charge in [0.25, 0.3) is 0 Å². The van der Waals surface area contributed by atoms with Crippen LogP contribution in [0.25, 0.3) is 0 Å². The molecule has 5 nitrogen and oxygen atoms in total. The fourth-order valence-corrected chi connectivity index (χ4v) is 4.00. The van der Waals surface area contributed by atoms with Crippen molar-refractivity contribution in [3.8, 4) is 0 Å². The SMILES string of the molecule is CCCCCCCCC/C=C/CCCCCCCCO[C@@H]1[C@H]([C@@H](O)CO)OC[C@H]1O. The van der Waals surface area contributed by atoms with Gasteiger partial charge in [-0.25, -0.2) is 0 Å². The molecule has 0 spiro atoms. The summed E-state index contributed by atoms with van der Waals surface area (Å²) in [6.07, 6.45) is 21.0. The number of hydrogen-bond acceptors (Lipinski definition) is 5. The lowest BCUT2D eigenvalue weighted by Gasteiger charge is -2.23. The molecule has 0 radical (unpaired) electrons. The molecule has 0 aromatic heterocycles. The van der Waals surface area contributed by atoms with Gasteiger partial charge in [0.15, 0.2) is 0 Å². The quantitative estimate of drug-likeness (QED) is 0.190. The van der Waals surface area contributed by atoms with Crippen molar-refractivity contribution in [2.24, 2.45) is 0 Å². The van der Waals surface area contributed by atoms with Crippen LogP contribution in [0.4, 0.5) is 0 Å². The van der Waals surface area contributed by atoms with Gasteiger partial charge in [0.05, 0.1) is 13.2 Å². The first-order valence-corrected chi connectivity index (χ1v) is 12.6. The third-order valence-corrected chi connectivity index (χ3v) is 5.95. The first kappa shape index (κ1) is 27.6. The molecule has 0 bridgehead atoms. The molecule has 5 heteroatoms. The Morgan fingerprint density at radius 2 is 1.40 bits per heavy atom. The zero-order valence-electron chi connectivity index (χ0n) is 19.4. The fourth-order valence-electron chi connectivity index (χ4n) is 4.00. The van der Waals surface area contributed by atoms with Gasteiger partial charge in [-0.15, -0.1) is 0 Å². The zero-order chi connectivity index (χ0) is 21.9. The Morgan fingerprint density at radius 3 is 1.97 bits per heavy atom. The number of allylic oxidation sites excluding steroid dienone is 2. The molecule has 3 N–H and O–H groups in total. The number of aliphatic hydroxyl groups excluding tert-OH is 3. The van der Waals surface area contributed by atoms with E-state index in [4.69, 9.17) is 14.6 Å². The second-order valence-corrected chi connectivity index (χ2v) is 8.74. The standard InChI is InChI=1S/C25H48O5/c1-2-3-4-5-6-7-8-9-10-11-12-13-14-15-16-17-18-19-29-25-23(28)21-30-24(25)22(27)20-26/h10-11,22-28H,2-9,12-21H2,1H3/b11-10+/t22-,23+,24-,25-/m0/s1. The number of aliphatic hydroxyl groups is 3. The summed E-state index contributed by atoms with van der Waals surface area (Å²) in [5, 5.41) is 28.7. The predicted molar refractivity (Wildman–Crippen MR) is 123 cm³/mol. The molecule has 0 saturated carbocycles. The van der Waals surface area contributed by atoms with Gasteiger partial charge >= 0.3 is 0 Å². The number of rotatable bonds is 20. The maximum absolute atomic E-state index is 9.90. The topological polar surface area (TPSA) is 79.2 Å². The Bertz CT molecular complexity index is 401. The van der Waals surface area contributed by atoms with Crippen molar-refractivity contribution >= 4 is 0 Å². The average Bonchev–Trinajstić information content (AvgIpc) is 3.12. The van der Waals surface area contributed by atoms with E-state index in [0.29, 0.717) is 6.61 Å². The van der Waals surface area contributed by atoms with E-state index in [0.717, 1.165) is 12.8 Å². The molecule has 1 aliphatic rings. The summed E-state index contributed by atoms with van der Waals surface area (Å²) in [5.41, 5.74) is 0. The Hall–Kier alpha value is -0.460. The molecular formula is C25H48O5. The second-order valence-electron chi connectivity index (χ2n) is 8.74. The van der Waals surface area contributed by atoms with Gasteiger partial charge in [0, 0.05) is 6.61 Å². The average molecular weight is 429 g/mol. The molecule has 1 heterocycles. The van der Waals surface area contributed by atoms with Gasteiger partial charge in [-0.05, 0) is 32.1 Å². The highest BCUT2D eigenvalue weighted by molar-refractivity contribution is 4.89. The molecule has 4 atom stereocenters. The molecule has 0 aromatic carbocycles. The van der Waals surface area contributed by atoms with E-state index in [1.54, 1.807) is 0 Å². The van der Waals surface area contributed by atoms with Crippen molar-refractivity contribution in [2.45, 2.75) is 128 Å². The van der Waals surface area contributed by atoms with Crippen LogP contribution in [0.15, 0.2) is 12.2 Å². The van der Waals surface area contributed by atoms with E-state index in [-0.39, 0.29) is 13.2 Å². The summed E-state index contributed by atoms with van der Waals surface area (Å²) in [6, 6.07) is 0. The van der Waals surface area contributed by atoms with Gasteiger partial charge in [-0.1, -0.05) is 83.3 Å². The van der Waals surface area contributed by atoms with Crippen molar-refractivity contribution in [1.82, 2.24) is 0 Å². The Balaban J connectivity index is 1.85. The lowest BCUT2D eigenvalue weighted by molar-refractivity contribution is -0.0938. The number of unbranched alkanes of at least 4 members (excludes halogenated alkanes) is 13. The van der Waals surface area contributed by atoms with E-state index in [1.807, 2.05) is 0 Å². The summed E-state index contributed by atoms with van der Waals surface area (Å²) in [4.78, 5) is 0. The summed E-state index contributed by atoms with van der Waals surface area (Å²) in [6.45, 7) is 2.59. The minimum atomic E-state index is -1.00. The van der Waals surface area contributed by atoms with Crippen LogP contribution in [0.2, 0.25) is 0 Å². The maximum Gasteiger partial charge on any atom is 0.114 e. The van der Waals surface area contributed by atoms with E-state index >= 15 is 0 Å². The molecular weight excluding hydrogens is 380 g/mol. The maximum atomic E-state index is 9.90. The third-order valence-electron chi connectivity index (χ3n) is 5.95. The van der Waals surface area contributed by atoms with Gasteiger partial charge in [0.1, 0.15) is 24.4 Å². The summed E-state index contributed by atoms with van der Waals surface area (Å²) >= 11 is 0. The van der Waals surface area contributed by atoms with Crippen LogP contribution < -0.4 is 0 Å². The first-order chi connectivity index (χ1) is 14.7. The number of hydrogen-bond donors (Lipinski definition) is 3. The lowest BCUT2D eigenvalue weighted by atomic mass is 10.1. The normalized spacial score (nSPS) is 22.9. The third kappa shape index (κ3) is 13.1. The van der Waals surface area contributed by atoms with Crippen LogP contribution in [0.3, 0.4) is 0 Å². The second kappa shape index (κ2) is 19.2. The predicted octanol–water partition coefficient (Wildman–Crippen LogP) is 4.91. The Morgan fingerprint density at radius 1 is 0.867 bits per heavy atom. The molecule has 1 saturated heterocycles. The molecule has 0 unspecified atom stereocenters. The highest BCUT2D eigenvalue weighted by atomic mass is 16.6. The molecule has 0 aliphatic carbocycles. The molecule has 0 amide bonds. The van der Waals surface area contributed by atoms with Crippen molar-refractivity contribution < 1.29 is 24.8 Å². The van der Waals surface area contributed by atoms with E-state index in [9.17, 15) is 10.2 Å². The van der Waals surface area contributed by atoms with E-state index < -0.39 is 24.4 Å². The molecule has 1 rings (SSSR count). The molecule has 178 valence electrons. The van der Waals surface area contributed by atoms with Crippen LogP contribution in [0, 0.1) is 0 Å². The van der Waals surface area contributed by atoms with Gasteiger partial charge < -0.3 is 24.8 Å². The number of ether oxygens (including phenoxy) is 2. The smallest absolute Gasteiger partial charge is 0.114 e. The molecule has 30 heavy (non-hydrogen) atoms. The van der Waals surface area contributed by atoms with Gasteiger partial charge in [0.2, 0.25) is 0 Å². The van der Waals surface area contributed by atoms with Gasteiger partial charge in [-0.3, -0.25) is 0 Å². The largest absolute Gasteiger partial charge is 0.394 e.